The van der Waals surface area contributed by atoms with E-state index < -0.39 is 0 Å². The maximum Gasteiger partial charge on any atom is 0.0461 e. The molecular weight excluding hydrogens is 615 g/mol. The molecule has 0 aliphatic heterocycles. The fourth-order valence-corrected chi connectivity index (χ4v) is 14.9. The summed E-state index contributed by atoms with van der Waals surface area (Å²) in [6.07, 6.45) is 24.1. The lowest BCUT2D eigenvalue weighted by molar-refractivity contribution is -0.00529. The molecule has 9 aliphatic carbocycles. The average molecular weight is 672 g/mol. The minimum absolute atomic E-state index is 0.127. The van der Waals surface area contributed by atoms with E-state index in [2.05, 4.69) is 108 Å². The lowest BCUT2D eigenvalue weighted by Gasteiger charge is -2.57. The zero-order valence-electron chi connectivity index (χ0n) is 30.7. The van der Waals surface area contributed by atoms with Crippen LogP contribution in [-0.4, -0.2) is 0 Å². The SMILES string of the molecule is c1ccc(C2(c3ccc(N(c4ccc(C56CC7CC(CC(C7)C5)C6)cc4)c4ccc(C56CC7CC(CC(C7)C5)C6)cc4)cc3)CCCCC2)cc1. The Bertz CT molecular complexity index is 1700. The van der Waals surface area contributed by atoms with Crippen molar-refractivity contribution < 1.29 is 0 Å². The molecule has 9 fully saturated rings. The van der Waals surface area contributed by atoms with Crippen LogP contribution in [0.3, 0.4) is 0 Å². The molecule has 1 heteroatoms. The molecule has 4 aromatic carbocycles. The van der Waals surface area contributed by atoms with Gasteiger partial charge < -0.3 is 4.90 Å². The number of anilines is 3. The van der Waals surface area contributed by atoms with Crippen molar-refractivity contribution in [3.63, 3.8) is 0 Å². The molecule has 0 N–H and O–H groups in total. The van der Waals surface area contributed by atoms with Crippen molar-refractivity contribution in [1.29, 1.82) is 0 Å². The van der Waals surface area contributed by atoms with Gasteiger partial charge in [-0.2, -0.15) is 0 Å². The van der Waals surface area contributed by atoms with Crippen LogP contribution < -0.4 is 4.90 Å². The van der Waals surface area contributed by atoms with Crippen molar-refractivity contribution in [3.05, 3.63) is 125 Å². The highest BCUT2D eigenvalue weighted by atomic mass is 15.1. The molecule has 0 radical (unpaired) electrons. The Labute approximate surface area is 307 Å². The predicted molar refractivity (Wildman–Crippen MR) is 211 cm³/mol. The third-order valence-electron chi connectivity index (χ3n) is 16.3. The summed E-state index contributed by atoms with van der Waals surface area (Å²) in [6, 6.07) is 41.3. The highest BCUT2D eigenvalue weighted by Gasteiger charge is 2.52. The van der Waals surface area contributed by atoms with Gasteiger partial charge in [-0.25, -0.2) is 0 Å². The van der Waals surface area contributed by atoms with Crippen molar-refractivity contribution in [3.8, 4) is 0 Å². The summed E-state index contributed by atoms with van der Waals surface area (Å²) in [6.45, 7) is 0. The van der Waals surface area contributed by atoms with E-state index in [1.807, 2.05) is 0 Å². The topological polar surface area (TPSA) is 3.24 Å². The Morgan fingerprint density at radius 1 is 0.353 bits per heavy atom. The summed E-state index contributed by atoms with van der Waals surface area (Å²) < 4.78 is 0. The van der Waals surface area contributed by atoms with Crippen LogP contribution in [0.4, 0.5) is 17.1 Å². The normalized spacial score (nSPS) is 35.6. The molecule has 0 aromatic heterocycles. The van der Waals surface area contributed by atoms with Gasteiger partial charge in [0.1, 0.15) is 0 Å². The predicted octanol–water partition coefficient (Wildman–Crippen LogP) is 13.3. The molecule has 0 atom stereocenters. The van der Waals surface area contributed by atoms with Gasteiger partial charge in [0, 0.05) is 22.5 Å². The molecule has 4 aromatic rings. The van der Waals surface area contributed by atoms with Gasteiger partial charge in [0.15, 0.2) is 0 Å². The molecular formula is C50H57N. The zero-order chi connectivity index (χ0) is 33.6. The highest BCUT2D eigenvalue weighted by molar-refractivity contribution is 5.77. The molecule has 0 unspecified atom stereocenters. The van der Waals surface area contributed by atoms with Gasteiger partial charge in [-0.3, -0.25) is 0 Å². The van der Waals surface area contributed by atoms with Crippen LogP contribution in [0.1, 0.15) is 131 Å². The summed E-state index contributed by atoms with van der Waals surface area (Å²) in [5.74, 6) is 5.84. The number of hydrogen-bond acceptors (Lipinski definition) is 1. The van der Waals surface area contributed by atoms with Crippen LogP contribution in [0, 0.1) is 35.5 Å². The summed E-state index contributed by atoms with van der Waals surface area (Å²) in [4.78, 5) is 2.56. The largest absolute Gasteiger partial charge is 0.311 e. The maximum atomic E-state index is 2.56. The van der Waals surface area contributed by atoms with Gasteiger partial charge >= 0.3 is 0 Å². The van der Waals surface area contributed by atoms with Crippen molar-refractivity contribution in [1.82, 2.24) is 0 Å². The molecule has 51 heavy (non-hydrogen) atoms. The molecule has 0 saturated heterocycles. The summed E-state index contributed by atoms with van der Waals surface area (Å²) in [7, 11) is 0. The van der Waals surface area contributed by atoms with Gasteiger partial charge in [0.05, 0.1) is 0 Å². The minimum atomic E-state index is 0.127. The first kappa shape index (κ1) is 31.2. The van der Waals surface area contributed by atoms with E-state index in [-0.39, 0.29) is 5.41 Å². The Morgan fingerprint density at radius 3 is 1.06 bits per heavy atom. The van der Waals surface area contributed by atoms with Gasteiger partial charge in [-0.15, -0.1) is 0 Å². The summed E-state index contributed by atoms with van der Waals surface area (Å²) in [5.41, 5.74) is 11.1. The summed E-state index contributed by atoms with van der Waals surface area (Å²) in [5, 5.41) is 0. The van der Waals surface area contributed by atoms with Crippen molar-refractivity contribution in [2.24, 2.45) is 35.5 Å². The molecule has 9 saturated carbocycles. The van der Waals surface area contributed by atoms with Crippen molar-refractivity contribution in [2.75, 3.05) is 4.90 Å². The molecule has 1 nitrogen and oxygen atoms in total. The third-order valence-corrected chi connectivity index (χ3v) is 16.3. The standard InChI is InChI=1S/C50H57N/c1-3-7-43(8-4-1)50(21-5-2-6-22-50)44-13-19-47(20-14-44)51(45-15-9-41(10-16-45)48-29-35-23-36(30-48)25-37(24-35)31-48)46-17-11-42(12-18-46)49-32-38-26-39(33-49)28-40(27-38)34-49/h1,3-4,7-20,35-40H,2,5-6,21-34H2. The zero-order valence-corrected chi connectivity index (χ0v) is 30.7. The van der Waals surface area contributed by atoms with Crippen LogP contribution in [-0.2, 0) is 16.2 Å². The second kappa shape index (κ2) is 11.8. The van der Waals surface area contributed by atoms with E-state index in [0.717, 1.165) is 35.5 Å². The Balaban J connectivity index is 0.957. The second-order valence-corrected chi connectivity index (χ2v) is 19.4. The van der Waals surface area contributed by atoms with Gasteiger partial charge in [-0.1, -0.05) is 86.0 Å². The first-order valence-corrected chi connectivity index (χ1v) is 21.2. The van der Waals surface area contributed by atoms with E-state index in [1.165, 1.54) is 137 Å². The first-order valence-electron chi connectivity index (χ1n) is 21.2. The smallest absolute Gasteiger partial charge is 0.0461 e. The highest BCUT2D eigenvalue weighted by Crippen LogP contribution is 2.62. The molecule has 0 spiro atoms. The van der Waals surface area contributed by atoms with E-state index >= 15 is 0 Å². The number of rotatable bonds is 7. The van der Waals surface area contributed by atoms with E-state index in [1.54, 1.807) is 11.1 Å². The average Bonchev–Trinajstić information content (AvgIpc) is 3.15. The van der Waals surface area contributed by atoms with Gasteiger partial charge in [0.25, 0.3) is 0 Å². The number of nitrogens with zero attached hydrogens (tertiary/aromatic N) is 1. The molecule has 13 rings (SSSR count). The number of hydrogen-bond donors (Lipinski definition) is 0. The molecule has 262 valence electrons. The second-order valence-electron chi connectivity index (χ2n) is 19.4. The molecule has 8 bridgehead atoms. The minimum Gasteiger partial charge on any atom is -0.311 e. The Morgan fingerprint density at radius 2 is 0.686 bits per heavy atom. The molecule has 0 amide bonds. The molecule has 0 heterocycles. The maximum absolute atomic E-state index is 2.56. The summed E-state index contributed by atoms with van der Waals surface area (Å²) >= 11 is 0. The van der Waals surface area contributed by atoms with Crippen molar-refractivity contribution in [2.45, 2.75) is 125 Å². The third kappa shape index (κ3) is 5.14. The van der Waals surface area contributed by atoms with E-state index in [4.69, 9.17) is 0 Å². The van der Waals surface area contributed by atoms with Crippen LogP contribution >= 0.6 is 0 Å². The Hall–Kier alpha value is -3.32. The van der Waals surface area contributed by atoms with Crippen LogP contribution in [0.5, 0.6) is 0 Å². The quantitative estimate of drug-likeness (QED) is 0.189. The molecule has 9 aliphatic rings. The monoisotopic (exact) mass is 671 g/mol. The van der Waals surface area contributed by atoms with E-state index in [9.17, 15) is 0 Å². The number of benzene rings is 4. The van der Waals surface area contributed by atoms with Gasteiger partial charge in [-0.05, 0) is 195 Å². The fourth-order valence-electron chi connectivity index (χ4n) is 14.9. The fraction of sp³-hybridized carbons (Fsp3) is 0.520. The van der Waals surface area contributed by atoms with Gasteiger partial charge in [0.2, 0.25) is 0 Å². The van der Waals surface area contributed by atoms with Crippen LogP contribution in [0.2, 0.25) is 0 Å². The lowest BCUT2D eigenvalue weighted by atomic mass is 9.48. The van der Waals surface area contributed by atoms with Crippen LogP contribution in [0.25, 0.3) is 0 Å². The van der Waals surface area contributed by atoms with Crippen molar-refractivity contribution >= 4 is 17.1 Å². The lowest BCUT2D eigenvalue weighted by Crippen LogP contribution is -2.48. The van der Waals surface area contributed by atoms with Crippen LogP contribution in [0.15, 0.2) is 103 Å². The first-order chi connectivity index (χ1) is 25.0. The van der Waals surface area contributed by atoms with E-state index in [0.29, 0.717) is 10.8 Å². The Kier molecular flexibility index (Phi) is 7.25.